The lowest BCUT2D eigenvalue weighted by molar-refractivity contribution is -0.133. The number of hydrogen-bond acceptors (Lipinski definition) is 5. The highest BCUT2D eigenvalue weighted by Crippen LogP contribution is 2.27. The van der Waals surface area contributed by atoms with Crippen molar-refractivity contribution < 1.29 is 39.9 Å². The summed E-state index contributed by atoms with van der Waals surface area (Å²) in [7, 11) is 0. The molecule has 1 unspecified atom stereocenters. The second-order valence-electron chi connectivity index (χ2n) is 3.99. The molecule has 0 aliphatic carbocycles. The predicted octanol–water partition coefficient (Wildman–Crippen LogP) is -0.609. The first kappa shape index (κ1) is 17.6. The second kappa shape index (κ2) is 6.64. The molecule has 0 spiro atoms. The smallest absolute Gasteiger partial charge is 0.328 e. The number of carbonyl (C=O) groups is 3. The average molecular weight is 286 g/mol. The van der Waals surface area contributed by atoms with E-state index >= 15 is 0 Å². The Morgan fingerprint density at radius 3 is 1.35 bits per heavy atom. The molecular formula is C12H14O8. The monoisotopic (exact) mass is 286 g/mol. The molecule has 0 aliphatic rings. The van der Waals surface area contributed by atoms with Crippen LogP contribution in [0.3, 0.4) is 0 Å². The van der Waals surface area contributed by atoms with E-state index in [1.165, 1.54) is 0 Å². The van der Waals surface area contributed by atoms with Crippen molar-refractivity contribution in [3.05, 3.63) is 36.5 Å². The maximum Gasteiger partial charge on any atom is 0.328 e. The lowest BCUT2D eigenvalue weighted by Crippen LogP contribution is -2.48. The van der Waals surface area contributed by atoms with Crippen molar-refractivity contribution in [3.63, 3.8) is 0 Å². The lowest BCUT2D eigenvalue weighted by atomic mass is 9.83. The van der Waals surface area contributed by atoms with Crippen LogP contribution in [0.1, 0.15) is 6.92 Å². The first-order chi connectivity index (χ1) is 9.00. The number of rotatable bonds is 7. The van der Waals surface area contributed by atoms with Crippen LogP contribution < -0.4 is 0 Å². The van der Waals surface area contributed by atoms with Crippen LogP contribution in [-0.2, 0) is 14.4 Å². The minimum Gasteiger partial charge on any atom is -0.478 e. The topological polar surface area (TPSA) is 152 Å². The first-order valence-corrected chi connectivity index (χ1v) is 5.21. The fourth-order valence-corrected chi connectivity index (χ4v) is 1.16. The largest absolute Gasteiger partial charge is 0.478 e. The van der Waals surface area contributed by atoms with Gasteiger partial charge in [0.15, 0.2) is 0 Å². The Hall–Kier alpha value is -2.45. The first-order valence-electron chi connectivity index (χ1n) is 5.21. The Labute approximate surface area is 113 Å². The molecule has 0 rings (SSSR count). The standard InChI is InChI=1S/C12H14O8/c1-11(19,5-2-8(13)14)12(20,6-3-9(15)16)7-4-10(17)18/h2-7,19-20H,1H3,(H,13,14)(H,15,16)(H,17,18). The van der Waals surface area contributed by atoms with Crippen molar-refractivity contribution >= 4 is 17.9 Å². The van der Waals surface area contributed by atoms with Gasteiger partial charge >= 0.3 is 17.9 Å². The van der Waals surface area contributed by atoms with Crippen molar-refractivity contribution in [2.24, 2.45) is 0 Å². The third kappa shape index (κ3) is 5.46. The number of aliphatic carboxylic acids is 3. The van der Waals surface area contributed by atoms with Gasteiger partial charge in [-0.1, -0.05) is 0 Å². The van der Waals surface area contributed by atoms with Gasteiger partial charge in [0.2, 0.25) is 0 Å². The molecule has 0 radical (unpaired) electrons. The predicted molar refractivity (Wildman–Crippen MR) is 65.9 cm³/mol. The minimum atomic E-state index is -2.42. The van der Waals surface area contributed by atoms with E-state index in [9.17, 15) is 24.6 Å². The number of carboxylic acid groups (broad SMARTS) is 3. The summed E-state index contributed by atoms with van der Waals surface area (Å²) in [5, 5.41) is 45.7. The van der Waals surface area contributed by atoms with Gasteiger partial charge in [-0.3, -0.25) is 0 Å². The summed E-state index contributed by atoms with van der Waals surface area (Å²) in [5.41, 5.74) is -4.67. The van der Waals surface area contributed by atoms with Crippen molar-refractivity contribution in [2.45, 2.75) is 18.1 Å². The summed E-state index contributed by atoms with van der Waals surface area (Å²) < 4.78 is 0. The number of carboxylic acids is 3. The molecule has 20 heavy (non-hydrogen) atoms. The van der Waals surface area contributed by atoms with Crippen LogP contribution in [0.15, 0.2) is 36.5 Å². The third-order valence-electron chi connectivity index (χ3n) is 2.32. The number of hydrogen-bond donors (Lipinski definition) is 5. The molecule has 0 saturated heterocycles. The fourth-order valence-electron chi connectivity index (χ4n) is 1.16. The lowest BCUT2D eigenvalue weighted by Gasteiger charge is -2.34. The van der Waals surface area contributed by atoms with E-state index in [4.69, 9.17) is 15.3 Å². The van der Waals surface area contributed by atoms with Crippen LogP contribution in [0.25, 0.3) is 0 Å². The molecule has 0 fully saturated rings. The van der Waals surface area contributed by atoms with Gasteiger partial charge in [-0.05, 0) is 25.2 Å². The zero-order valence-electron chi connectivity index (χ0n) is 10.4. The molecule has 0 heterocycles. The van der Waals surface area contributed by atoms with E-state index in [-0.39, 0.29) is 0 Å². The summed E-state index contributed by atoms with van der Waals surface area (Å²) in [6.45, 7) is 0.991. The highest BCUT2D eigenvalue weighted by molar-refractivity contribution is 5.82. The van der Waals surface area contributed by atoms with Gasteiger partial charge in [-0.25, -0.2) is 14.4 Å². The molecule has 1 atom stereocenters. The summed E-state index contributed by atoms with van der Waals surface area (Å²) in [6.07, 6.45) is 3.51. The van der Waals surface area contributed by atoms with Gasteiger partial charge in [0.1, 0.15) is 11.2 Å². The molecule has 0 aromatic heterocycles. The van der Waals surface area contributed by atoms with E-state index in [1.54, 1.807) is 0 Å². The van der Waals surface area contributed by atoms with E-state index in [1.807, 2.05) is 0 Å². The quantitative estimate of drug-likeness (QED) is 0.388. The Balaban J connectivity index is 5.66. The highest BCUT2D eigenvalue weighted by Gasteiger charge is 2.40. The molecule has 8 heteroatoms. The van der Waals surface area contributed by atoms with Gasteiger partial charge in [-0.15, -0.1) is 0 Å². The average Bonchev–Trinajstić information content (AvgIpc) is 2.31. The van der Waals surface area contributed by atoms with Crippen LogP contribution in [0.4, 0.5) is 0 Å². The summed E-state index contributed by atoms with van der Waals surface area (Å²) >= 11 is 0. The Morgan fingerprint density at radius 1 is 0.750 bits per heavy atom. The van der Waals surface area contributed by atoms with Crippen molar-refractivity contribution in [2.75, 3.05) is 0 Å². The van der Waals surface area contributed by atoms with Crippen LogP contribution in [0, 0.1) is 0 Å². The normalized spacial score (nSPS) is 18.1. The zero-order chi connectivity index (χ0) is 16.0. The Kier molecular flexibility index (Phi) is 5.83. The van der Waals surface area contributed by atoms with Crippen molar-refractivity contribution in [3.8, 4) is 0 Å². The third-order valence-corrected chi connectivity index (χ3v) is 2.32. The van der Waals surface area contributed by atoms with Crippen LogP contribution >= 0.6 is 0 Å². The minimum absolute atomic E-state index is 0.495. The molecular weight excluding hydrogens is 272 g/mol. The second-order valence-corrected chi connectivity index (χ2v) is 3.99. The molecule has 0 aromatic rings. The maximum atomic E-state index is 10.4. The van der Waals surface area contributed by atoms with E-state index in [0.717, 1.165) is 6.92 Å². The summed E-state index contributed by atoms with van der Waals surface area (Å²) in [5.74, 6) is -4.28. The van der Waals surface area contributed by atoms with E-state index in [2.05, 4.69) is 0 Å². The van der Waals surface area contributed by atoms with Crippen LogP contribution in [0.5, 0.6) is 0 Å². The molecule has 5 N–H and O–H groups in total. The van der Waals surface area contributed by atoms with Gasteiger partial charge < -0.3 is 25.5 Å². The molecule has 0 saturated carbocycles. The van der Waals surface area contributed by atoms with Crippen LogP contribution in [0.2, 0.25) is 0 Å². The Bertz CT molecular complexity index is 460. The fraction of sp³-hybridized carbons (Fsp3) is 0.250. The molecule has 0 aliphatic heterocycles. The SMILES string of the molecule is CC(O)(C=CC(=O)O)C(O)(C=CC(=O)O)C=CC(=O)O. The van der Waals surface area contributed by atoms with E-state index < -0.39 is 29.1 Å². The molecule has 0 bridgehead atoms. The zero-order valence-corrected chi connectivity index (χ0v) is 10.4. The van der Waals surface area contributed by atoms with Gasteiger partial charge in [0, 0.05) is 18.2 Å². The van der Waals surface area contributed by atoms with Crippen molar-refractivity contribution in [1.29, 1.82) is 0 Å². The maximum absolute atomic E-state index is 10.4. The summed E-state index contributed by atoms with van der Waals surface area (Å²) in [6, 6.07) is 0. The molecule has 0 amide bonds. The van der Waals surface area contributed by atoms with E-state index in [0.29, 0.717) is 36.5 Å². The molecule has 110 valence electrons. The highest BCUT2D eigenvalue weighted by atomic mass is 16.4. The van der Waals surface area contributed by atoms with Gasteiger partial charge in [0.05, 0.1) is 0 Å². The van der Waals surface area contributed by atoms with Gasteiger partial charge in [0.25, 0.3) is 0 Å². The van der Waals surface area contributed by atoms with Gasteiger partial charge in [-0.2, -0.15) is 0 Å². The summed E-state index contributed by atoms with van der Waals surface area (Å²) in [4.78, 5) is 31.3. The van der Waals surface area contributed by atoms with Crippen molar-refractivity contribution in [1.82, 2.24) is 0 Å². The molecule has 0 aromatic carbocycles. The number of aliphatic hydroxyl groups is 2. The van der Waals surface area contributed by atoms with Crippen LogP contribution in [-0.4, -0.2) is 54.6 Å². The molecule has 8 nitrogen and oxygen atoms in total. The Morgan fingerprint density at radius 2 is 1.05 bits per heavy atom.